The second-order valence-corrected chi connectivity index (χ2v) is 14.7. The Balaban J connectivity index is 0.980. The quantitative estimate of drug-likeness (QED) is 0.178. The fourth-order valence-corrected chi connectivity index (χ4v) is 8.30. The van der Waals surface area contributed by atoms with Gasteiger partial charge in [0.1, 0.15) is 5.52 Å². The van der Waals surface area contributed by atoms with Crippen LogP contribution >= 0.6 is 0 Å². The zero-order chi connectivity index (χ0) is 36.7. The van der Waals surface area contributed by atoms with Crippen LogP contribution in [0.15, 0.2) is 168 Å². The van der Waals surface area contributed by atoms with Crippen LogP contribution in [0.3, 0.4) is 0 Å². The molecule has 260 valence electrons. The van der Waals surface area contributed by atoms with E-state index in [0.29, 0.717) is 23.5 Å². The predicted octanol–water partition coefficient (Wildman–Crippen LogP) is 12.1. The number of oxazole rings is 1. The highest BCUT2D eigenvalue weighted by atomic mass is 16.3. The molecule has 6 nitrogen and oxygen atoms in total. The summed E-state index contributed by atoms with van der Waals surface area (Å²) < 4.78 is 8.43. The molecule has 1 aliphatic rings. The highest BCUT2D eigenvalue weighted by Gasteiger charge is 2.36. The first-order valence-electron chi connectivity index (χ1n) is 18.6. The lowest BCUT2D eigenvalue weighted by Gasteiger charge is -2.22. The zero-order valence-electron chi connectivity index (χ0n) is 30.2. The van der Waals surface area contributed by atoms with Crippen molar-refractivity contribution in [1.29, 1.82) is 0 Å². The van der Waals surface area contributed by atoms with Gasteiger partial charge in [-0.3, -0.25) is 4.57 Å². The van der Waals surface area contributed by atoms with Gasteiger partial charge in [-0.05, 0) is 75.8 Å². The van der Waals surface area contributed by atoms with E-state index in [-0.39, 0.29) is 5.41 Å². The van der Waals surface area contributed by atoms with Crippen LogP contribution in [0, 0.1) is 0 Å². The van der Waals surface area contributed by atoms with Crippen LogP contribution in [-0.2, 0) is 5.41 Å². The maximum atomic E-state index is 6.28. The molecule has 6 heteroatoms. The normalized spacial score (nSPS) is 13.1. The smallest absolute Gasteiger partial charge is 0.238 e. The van der Waals surface area contributed by atoms with E-state index in [9.17, 15) is 0 Å². The molecule has 55 heavy (non-hydrogen) atoms. The highest BCUT2D eigenvalue weighted by molar-refractivity contribution is 6.09. The van der Waals surface area contributed by atoms with Gasteiger partial charge in [-0.25, -0.2) is 9.97 Å². The number of nitrogens with zero attached hydrogens (tertiary/aromatic N) is 5. The molecular formula is C49H33N5O. The van der Waals surface area contributed by atoms with E-state index in [0.717, 1.165) is 60.7 Å². The van der Waals surface area contributed by atoms with E-state index in [1.54, 1.807) is 0 Å². The third-order valence-electron chi connectivity index (χ3n) is 11.1. The Morgan fingerprint density at radius 2 is 1.00 bits per heavy atom. The number of aromatic nitrogens is 5. The second-order valence-electron chi connectivity index (χ2n) is 14.7. The lowest BCUT2D eigenvalue weighted by atomic mass is 9.81. The SMILES string of the molecule is CC1(C)c2cc(-c3ccc(-c4nc(-c5ccccc5)nc(-n5c6ccccc6c6ccccc65)n4)cc3)ccc2-c2cc3nc(-c4ccccc4)oc3cc21. The Kier molecular flexibility index (Phi) is 6.79. The molecule has 1 aliphatic carbocycles. The first-order valence-corrected chi connectivity index (χ1v) is 18.6. The lowest BCUT2D eigenvalue weighted by molar-refractivity contribution is 0.614. The number of para-hydroxylation sites is 2. The van der Waals surface area contributed by atoms with Gasteiger partial charge in [-0.2, -0.15) is 9.97 Å². The average Bonchev–Trinajstić information content (AvgIpc) is 3.89. The van der Waals surface area contributed by atoms with Crippen molar-refractivity contribution in [2.24, 2.45) is 0 Å². The largest absolute Gasteiger partial charge is 0.436 e. The van der Waals surface area contributed by atoms with Gasteiger partial charge in [0.15, 0.2) is 17.2 Å². The first-order chi connectivity index (χ1) is 27.0. The molecule has 0 fully saturated rings. The van der Waals surface area contributed by atoms with E-state index in [2.05, 4.69) is 122 Å². The molecule has 10 aromatic rings. The monoisotopic (exact) mass is 707 g/mol. The van der Waals surface area contributed by atoms with Crippen LogP contribution in [-0.4, -0.2) is 24.5 Å². The third-order valence-corrected chi connectivity index (χ3v) is 11.1. The molecular weight excluding hydrogens is 675 g/mol. The van der Waals surface area contributed by atoms with Crippen molar-refractivity contribution in [3.63, 3.8) is 0 Å². The number of hydrogen-bond acceptors (Lipinski definition) is 5. The van der Waals surface area contributed by atoms with Crippen molar-refractivity contribution in [2.75, 3.05) is 0 Å². The van der Waals surface area contributed by atoms with Crippen LogP contribution in [0.2, 0.25) is 0 Å². The van der Waals surface area contributed by atoms with Gasteiger partial charge in [0, 0.05) is 32.9 Å². The summed E-state index contributed by atoms with van der Waals surface area (Å²) >= 11 is 0. The molecule has 0 saturated carbocycles. The van der Waals surface area contributed by atoms with Crippen LogP contribution in [0.25, 0.3) is 95.3 Å². The summed E-state index contributed by atoms with van der Waals surface area (Å²) in [5.74, 6) is 2.48. The average molecular weight is 708 g/mol. The van der Waals surface area contributed by atoms with Crippen molar-refractivity contribution in [1.82, 2.24) is 24.5 Å². The standard InChI is InChI=1S/C49H33N5O/c1-49(2)39-27-34(25-26-35(39)38-28-41-44(29-40(38)49)55-47(50-41)33-15-7-4-8-16-33)30-21-23-32(24-22-30)46-51-45(31-13-5-3-6-14-31)52-48(53-46)54-42-19-11-9-17-36(42)37-18-10-12-20-43(37)54/h3-29H,1-2H3. The van der Waals surface area contributed by atoms with Crippen LogP contribution in [0.1, 0.15) is 25.0 Å². The molecule has 0 spiro atoms. The molecule has 0 atom stereocenters. The van der Waals surface area contributed by atoms with Crippen molar-refractivity contribution in [3.8, 4) is 62.4 Å². The number of hydrogen-bond donors (Lipinski definition) is 0. The molecule has 0 unspecified atom stereocenters. The van der Waals surface area contributed by atoms with Crippen molar-refractivity contribution >= 4 is 32.9 Å². The topological polar surface area (TPSA) is 69.6 Å². The minimum absolute atomic E-state index is 0.212. The van der Waals surface area contributed by atoms with Crippen molar-refractivity contribution < 1.29 is 4.42 Å². The van der Waals surface area contributed by atoms with E-state index in [1.165, 1.54) is 22.3 Å². The Hall–Kier alpha value is -7.18. The predicted molar refractivity (Wildman–Crippen MR) is 221 cm³/mol. The van der Waals surface area contributed by atoms with Crippen molar-refractivity contribution in [2.45, 2.75) is 19.3 Å². The van der Waals surface area contributed by atoms with Gasteiger partial charge >= 0.3 is 0 Å². The van der Waals surface area contributed by atoms with Crippen LogP contribution in [0.4, 0.5) is 0 Å². The Morgan fingerprint density at radius 3 is 1.67 bits per heavy atom. The minimum Gasteiger partial charge on any atom is -0.436 e. The van der Waals surface area contributed by atoms with Gasteiger partial charge in [-0.1, -0.05) is 135 Å². The Morgan fingerprint density at radius 1 is 0.455 bits per heavy atom. The zero-order valence-corrected chi connectivity index (χ0v) is 30.2. The summed E-state index contributed by atoms with van der Waals surface area (Å²) in [6.45, 7) is 4.59. The van der Waals surface area contributed by atoms with E-state index in [4.69, 9.17) is 24.4 Å². The Labute approximate surface area is 317 Å². The van der Waals surface area contributed by atoms with E-state index >= 15 is 0 Å². The number of rotatable bonds is 5. The number of benzene rings is 7. The Bertz CT molecular complexity index is 3050. The summed E-state index contributed by atoms with van der Waals surface area (Å²) in [6.07, 6.45) is 0. The lowest BCUT2D eigenvalue weighted by Crippen LogP contribution is -2.15. The molecule has 0 bridgehead atoms. The maximum absolute atomic E-state index is 6.28. The fourth-order valence-electron chi connectivity index (χ4n) is 8.30. The summed E-state index contributed by atoms with van der Waals surface area (Å²) in [5, 5.41) is 2.32. The van der Waals surface area contributed by atoms with Gasteiger partial charge in [0.25, 0.3) is 0 Å². The fraction of sp³-hybridized carbons (Fsp3) is 0.0612. The highest BCUT2D eigenvalue weighted by Crippen LogP contribution is 2.51. The minimum atomic E-state index is -0.212. The first kappa shape index (κ1) is 31.4. The molecule has 3 aromatic heterocycles. The number of fused-ring (bicyclic) bond motifs is 7. The van der Waals surface area contributed by atoms with Crippen LogP contribution < -0.4 is 0 Å². The van der Waals surface area contributed by atoms with Crippen LogP contribution in [0.5, 0.6) is 0 Å². The van der Waals surface area contributed by atoms with Crippen molar-refractivity contribution in [3.05, 3.63) is 175 Å². The molecule has 7 aromatic carbocycles. The summed E-state index contributed by atoms with van der Waals surface area (Å²) in [5.41, 5.74) is 13.7. The molecule has 3 heterocycles. The van der Waals surface area contributed by atoms with E-state index < -0.39 is 0 Å². The van der Waals surface area contributed by atoms with E-state index in [1.807, 2.05) is 60.7 Å². The third kappa shape index (κ3) is 4.95. The van der Waals surface area contributed by atoms with Gasteiger partial charge in [0.05, 0.1) is 11.0 Å². The second kappa shape index (κ2) is 11.9. The molecule has 0 N–H and O–H groups in total. The summed E-state index contributed by atoms with van der Waals surface area (Å²) in [7, 11) is 0. The maximum Gasteiger partial charge on any atom is 0.238 e. The molecule has 0 saturated heterocycles. The van der Waals surface area contributed by atoms with Gasteiger partial charge in [0.2, 0.25) is 11.8 Å². The van der Waals surface area contributed by atoms with Gasteiger partial charge < -0.3 is 4.42 Å². The molecule has 0 amide bonds. The molecule has 11 rings (SSSR count). The molecule has 0 aliphatic heterocycles. The summed E-state index contributed by atoms with van der Waals surface area (Å²) in [4.78, 5) is 20.1. The van der Waals surface area contributed by atoms with Gasteiger partial charge in [-0.15, -0.1) is 0 Å². The molecule has 0 radical (unpaired) electrons. The summed E-state index contributed by atoms with van der Waals surface area (Å²) in [6, 6.07) is 56.8.